The predicted octanol–water partition coefficient (Wildman–Crippen LogP) is 4.31. The van der Waals surface area contributed by atoms with E-state index in [1.54, 1.807) is 12.1 Å². The zero-order chi connectivity index (χ0) is 12.8. The van der Waals surface area contributed by atoms with Crippen LogP contribution >= 0.6 is 0 Å². The lowest BCUT2D eigenvalue weighted by Crippen LogP contribution is -2.47. The number of rotatable bonds is 3. The molecule has 19 heavy (non-hydrogen) atoms. The molecule has 0 spiro atoms. The summed E-state index contributed by atoms with van der Waals surface area (Å²) in [6.45, 7) is 1.08. The van der Waals surface area contributed by atoms with Crippen LogP contribution in [0.3, 0.4) is 0 Å². The number of hydrogen-bond donors (Lipinski definition) is 1. The van der Waals surface area contributed by atoms with Crippen molar-refractivity contribution < 1.29 is 4.39 Å². The van der Waals surface area contributed by atoms with Crippen LogP contribution in [0.4, 0.5) is 10.1 Å². The molecule has 1 aromatic rings. The van der Waals surface area contributed by atoms with Crippen LogP contribution in [0, 0.1) is 35.4 Å². The Kier molecular flexibility index (Phi) is 2.78. The maximum Gasteiger partial charge on any atom is 0.123 e. The third kappa shape index (κ3) is 2.15. The van der Waals surface area contributed by atoms with Crippen LogP contribution in [0.15, 0.2) is 24.3 Å². The molecule has 4 fully saturated rings. The summed E-state index contributed by atoms with van der Waals surface area (Å²) in [6, 6.07) is 6.79. The van der Waals surface area contributed by atoms with Gasteiger partial charge in [-0.25, -0.2) is 4.39 Å². The minimum absolute atomic E-state index is 0.153. The summed E-state index contributed by atoms with van der Waals surface area (Å²) in [7, 11) is 0. The fourth-order valence-electron chi connectivity index (χ4n) is 5.17. The Morgan fingerprint density at radius 2 is 1.47 bits per heavy atom. The van der Waals surface area contributed by atoms with Gasteiger partial charge in [-0.2, -0.15) is 0 Å². The van der Waals surface area contributed by atoms with Crippen LogP contribution in [0.1, 0.15) is 32.1 Å². The smallest absolute Gasteiger partial charge is 0.123 e. The molecule has 1 aromatic carbocycles. The monoisotopic (exact) mass is 259 g/mol. The summed E-state index contributed by atoms with van der Waals surface area (Å²) < 4.78 is 12.9. The summed E-state index contributed by atoms with van der Waals surface area (Å²) in [6.07, 6.45) is 7.42. The number of halogens is 1. The highest BCUT2D eigenvalue weighted by Gasteiger charge is 2.47. The largest absolute Gasteiger partial charge is 0.385 e. The van der Waals surface area contributed by atoms with Crippen LogP contribution in [-0.2, 0) is 0 Å². The van der Waals surface area contributed by atoms with E-state index in [0.717, 1.165) is 41.8 Å². The molecule has 4 aliphatic rings. The van der Waals surface area contributed by atoms with Crippen molar-refractivity contribution >= 4 is 5.69 Å². The Hall–Kier alpha value is -1.05. The number of benzene rings is 1. The van der Waals surface area contributed by atoms with E-state index in [1.807, 2.05) is 12.1 Å². The number of hydrogen-bond acceptors (Lipinski definition) is 1. The fourth-order valence-corrected chi connectivity index (χ4v) is 5.17. The minimum atomic E-state index is -0.153. The Labute approximate surface area is 114 Å². The summed E-state index contributed by atoms with van der Waals surface area (Å²) in [4.78, 5) is 0. The van der Waals surface area contributed by atoms with Crippen LogP contribution in [0.25, 0.3) is 0 Å². The van der Waals surface area contributed by atoms with Crippen molar-refractivity contribution in [1.29, 1.82) is 0 Å². The van der Waals surface area contributed by atoms with Gasteiger partial charge in [0, 0.05) is 12.2 Å². The molecule has 1 N–H and O–H groups in total. The molecule has 2 heteroatoms. The lowest BCUT2D eigenvalue weighted by atomic mass is 9.52. The van der Waals surface area contributed by atoms with Crippen molar-refractivity contribution in [3.05, 3.63) is 30.1 Å². The fraction of sp³-hybridized carbons (Fsp3) is 0.647. The van der Waals surface area contributed by atoms with Gasteiger partial charge < -0.3 is 5.32 Å². The highest BCUT2D eigenvalue weighted by molar-refractivity contribution is 5.42. The van der Waals surface area contributed by atoms with Gasteiger partial charge in [-0.15, -0.1) is 0 Å². The molecule has 0 unspecified atom stereocenters. The van der Waals surface area contributed by atoms with Gasteiger partial charge in [-0.05, 0) is 86.0 Å². The first-order chi connectivity index (χ1) is 9.28. The van der Waals surface area contributed by atoms with Crippen molar-refractivity contribution in [2.75, 3.05) is 11.9 Å². The molecule has 5 rings (SSSR count). The molecule has 0 atom stereocenters. The summed E-state index contributed by atoms with van der Waals surface area (Å²) in [5.41, 5.74) is 1.07. The Balaban J connectivity index is 1.42. The third-order valence-corrected chi connectivity index (χ3v) is 5.81. The van der Waals surface area contributed by atoms with Crippen molar-refractivity contribution in [3.63, 3.8) is 0 Å². The molecule has 4 aliphatic carbocycles. The van der Waals surface area contributed by atoms with E-state index in [4.69, 9.17) is 0 Å². The molecule has 0 radical (unpaired) electrons. The van der Waals surface area contributed by atoms with Gasteiger partial charge in [0.1, 0.15) is 5.82 Å². The first kappa shape index (κ1) is 11.7. The van der Waals surface area contributed by atoms with Gasteiger partial charge in [-0.3, -0.25) is 0 Å². The lowest BCUT2D eigenvalue weighted by Gasteiger charge is -2.54. The molecular weight excluding hydrogens is 237 g/mol. The van der Waals surface area contributed by atoms with Gasteiger partial charge in [0.15, 0.2) is 0 Å². The van der Waals surface area contributed by atoms with E-state index in [9.17, 15) is 4.39 Å². The average molecular weight is 259 g/mol. The van der Waals surface area contributed by atoms with Crippen LogP contribution in [0.5, 0.6) is 0 Å². The third-order valence-electron chi connectivity index (χ3n) is 5.81. The maximum atomic E-state index is 12.9. The van der Waals surface area contributed by atoms with Crippen LogP contribution < -0.4 is 5.32 Å². The zero-order valence-electron chi connectivity index (χ0n) is 11.3. The highest BCUT2D eigenvalue weighted by Crippen LogP contribution is 2.56. The Morgan fingerprint density at radius 1 is 0.895 bits per heavy atom. The summed E-state index contributed by atoms with van der Waals surface area (Å²) in [5.74, 6) is 4.72. The van der Waals surface area contributed by atoms with Crippen molar-refractivity contribution in [2.24, 2.45) is 29.6 Å². The Bertz CT molecular complexity index is 425. The topological polar surface area (TPSA) is 12.0 Å². The molecule has 0 heterocycles. The van der Waals surface area contributed by atoms with Crippen molar-refractivity contribution in [1.82, 2.24) is 0 Å². The van der Waals surface area contributed by atoms with Gasteiger partial charge in [0.2, 0.25) is 0 Å². The molecule has 102 valence electrons. The lowest BCUT2D eigenvalue weighted by molar-refractivity contribution is -0.0305. The van der Waals surface area contributed by atoms with E-state index in [0.29, 0.717) is 0 Å². The second-order valence-corrected chi connectivity index (χ2v) is 6.98. The standard InChI is InChI=1S/C17H22FN/c18-15-1-3-16(4-2-15)19-10-17-13-6-11-5-12(8-13)9-14(17)7-11/h1-4,11-14,17,19H,5-10H2. The molecule has 0 amide bonds. The second kappa shape index (κ2) is 4.50. The molecule has 4 saturated carbocycles. The SMILES string of the molecule is Fc1ccc(NCC2C3CC4CC(C3)CC2C4)cc1. The molecule has 0 saturated heterocycles. The molecule has 4 bridgehead atoms. The van der Waals surface area contributed by atoms with Crippen molar-refractivity contribution in [2.45, 2.75) is 32.1 Å². The normalized spacial score (nSPS) is 39.5. The quantitative estimate of drug-likeness (QED) is 0.853. The first-order valence-electron chi connectivity index (χ1n) is 7.77. The van der Waals surface area contributed by atoms with E-state index < -0.39 is 0 Å². The van der Waals surface area contributed by atoms with Gasteiger partial charge in [0.05, 0.1) is 0 Å². The predicted molar refractivity (Wildman–Crippen MR) is 75.4 cm³/mol. The van der Waals surface area contributed by atoms with Crippen LogP contribution in [-0.4, -0.2) is 6.54 Å². The van der Waals surface area contributed by atoms with Crippen LogP contribution in [0.2, 0.25) is 0 Å². The molecular formula is C17H22FN. The number of anilines is 1. The first-order valence-corrected chi connectivity index (χ1v) is 7.77. The van der Waals surface area contributed by atoms with E-state index in [1.165, 1.54) is 32.1 Å². The van der Waals surface area contributed by atoms with E-state index in [-0.39, 0.29) is 5.82 Å². The maximum absolute atomic E-state index is 12.9. The molecule has 1 nitrogen and oxygen atoms in total. The summed E-state index contributed by atoms with van der Waals surface area (Å²) in [5, 5.41) is 3.53. The molecule has 0 aromatic heterocycles. The van der Waals surface area contributed by atoms with Gasteiger partial charge >= 0.3 is 0 Å². The summed E-state index contributed by atoms with van der Waals surface area (Å²) >= 11 is 0. The highest BCUT2D eigenvalue weighted by atomic mass is 19.1. The molecule has 0 aliphatic heterocycles. The van der Waals surface area contributed by atoms with E-state index >= 15 is 0 Å². The minimum Gasteiger partial charge on any atom is -0.385 e. The van der Waals surface area contributed by atoms with Gasteiger partial charge in [-0.1, -0.05) is 0 Å². The zero-order valence-corrected chi connectivity index (χ0v) is 11.3. The second-order valence-electron chi connectivity index (χ2n) is 6.98. The van der Waals surface area contributed by atoms with Crippen molar-refractivity contribution in [3.8, 4) is 0 Å². The number of nitrogens with one attached hydrogen (secondary N) is 1. The van der Waals surface area contributed by atoms with Gasteiger partial charge in [0.25, 0.3) is 0 Å². The van der Waals surface area contributed by atoms with E-state index in [2.05, 4.69) is 5.32 Å². The Morgan fingerprint density at radius 3 is 2.05 bits per heavy atom. The average Bonchev–Trinajstić information content (AvgIpc) is 2.39.